The number of aryl methyl sites for hydroxylation is 1. The summed E-state index contributed by atoms with van der Waals surface area (Å²) in [6.45, 7) is 3.80. The smallest absolute Gasteiger partial charge is 0.159 e. The fourth-order valence-electron chi connectivity index (χ4n) is 3.48. The van der Waals surface area contributed by atoms with E-state index in [-0.39, 0.29) is 18.4 Å². The Bertz CT molecular complexity index is 679. The van der Waals surface area contributed by atoms with Crippen molar-refractivity contribution in [2.24, 2.45) is 0 Å². The van der Waals surface area contributed by atoms with Gasteiger partial charge >= 0.3 is 0 Å². The van der Waals surface area contributed by atoms with Gasteiger partial charge in [-0.05, 0) is 37.9 Å². The van der Waals surface area contributed by atoms with Crippen LogP contribution in [0.2, 0.25) is 0 Å². The summed E-state index contributed by atoms with van der Waals surface area (Å²) in [5.74, 6) is 0. The van der Waals surface area contributed by atoms with Gasteiger partial charge in [0.25, 0.3) is 0 Å². The lowest BCUT2D eigenvalue weighted by Gasteiger charge is -2.39. The first-order valence-corrected chi connectivity index (χ1v) is 9.73. The van der Waals surface area contributed by atoms with Crippen LogP contribution in [0.15, 0.2) is 37.1 Å². The van der Waals surface area contributed by atoms with Crippen LogP contribution in [-0.2, 0) is 16.0 Å². The van der Waals surface area contributed by atoms with Crippen LogP contribution < -0.4 is 5.32 Å². The van der Waals surface area contributed by atoms with Crippen molar-refractivity contribution in [3.8, 4) is 11.3 Å². The van der Waals surface area contributed by atoms with E-state index in [1.165, 1.54) is 0 Å². The first-order chi connectivity index (χ1) is 13.2. The van der Waals surface area contributed by atoms with E-state index in [9.17, 15) is 5.11 Å². The average Bonchev–Trinajstić information content (AvgIpc) is 3.18. The highest BCUT2D eigenvalue weighted by atomic mass is 16.7. The Kier molecular flexibility index (Phi) is 7.34. The zero-order chi connectivity index (χ0) is 19.1. The van der Waals surface area contributed by atoms with Crippen molar-refractivity contribution in [1.29, 1.82) is 0 Å². The maximum atomic E-state index is 10.4. The van der Waals surface area contributed by atoms with Crippen molar-refractivity contribution >= 4 is 0 Å². The van der Waals surface area contributed by atoms with Crippen LogP contribution in [0, 0.1) is 0 Å². The molecule has 2 aromatic rings. The van der Waals surface area contributed by atoms with Gasteiger partial charge in [0.15, 0.2) is 6.29 Å². The van der Waals surface area contributed by atoms with Gasteiger partial charge in [-0.25, -0.2) is 4.98 Å². The van der Waals surface area contributed by atoms with Crippen LogP contribution in [0.3, 0.4) is 0 Å². The number of pyridine rings is 1. The Morgan fingerprint density at radius 3 is 3.04 bits per heavy atom. The zero-order valence-corrected chi connectivity index (χ0v) is 16.1. The number of hydrogen-bond acceptors (Lipinski definition) is 6. The van der Waals surface area contributed by atoms with Crippen molar-refractivity contribution in [2.45, 2.75) is 63.7 Å². The van der Waals surface area contributed by atoms with Crippen LogP contribution in [-0.4, -0.2) is 57.8 Å². The molecule has 0 bridgehead atoms. The third-order valence-corrected chi connectivity index (χ3v) is 5.07. The number of imidazole rings is 1. The molecule has 0 radical (unpaired) electrons. The number of aromatic nitrogens is 3. The first-order valence-electron chi connectivity index (χ1n) is 9.73. The van der Waals surface area contributed by atoms with E-state index in [2.05, 4.69) is 26.0 Å². The van der Waals surface area contributed by atoms with Gasteiger partial charge in [-0.15, -0.1) is 0 Å². The van der Waals surface area contributed by atoms with Gasteiger partial charge in [-0.1, -0.05) is 6.92 Å². The Morgan fingerprint density at radius 1 is 1.41 bits per heavy atom. The molecule has 0 saturated carbocycles. The van der Waals surface area contributed by atoms with E-state index in [0.717, 1.165) is 43.6 Å². The molecule has 0 unspecified atom stereocenters. The highest BCUT2D eigenvalue weighted by Crippen LogP contribution is 2.23. The number of unbranched alkanes of at least 4 members (excludes halogenated alkanes) is 1. The van der Waals surface area contributed by atoms with Gasteiger partial charge < -0.3 is 24.5 Å². The predicted octanol–water partition coefficient (Wildman–Crippen LogP) is 2.22. The second-order valence-electron chi connectivity index (χ2n) is 6.98. The average molecular weight is 374 g/mol. The normalized spacial score (nSPS) is 25.6. The third kappa shape index (κ3) is 5.35. The van der Waals surface area contributed by atoms with Gasteiger partial charge in [0, 0.05) is 50.3 Å². The molecule has 3 heterocycles. The lowest BCUT2D eigenvalue weighted by Crippen LogP contribution is -2.54. The fourth-order valence-corrected chi connectivity index (χ4v) is 3.48. The maximum absolute atomic E-state index is 10.4. The Balaban J connectivity index is 1.40. The molecule has 0 aromatic carbocycles. The molecule has 3 rings (SSSR count). The minimum absolute atomic E-state index is 0.0130. The summed E-state index contributed by atoms with van der Waals surface area (Å²) >= 11 is 0. The van der Waals surface area contributed by atoms with Crippen LogP contribution in [0.4, 0.5) is 0 Å². The molecule has 0 amide bonds. The number of ether oxygens (including phenoxy) is 2. The second-order valence-corrected chi connectivity index (χ2v) is 6.98. The molecule has 7 nitrogen and oxygen atoms in total. The Morgan fingerprint density at radius 2 is 2.30 bits per heavy atom. The minimum Gasteiger partial charge on any atom is -0.389 e. The standard InChI is InChI=1S/C20H30N4O3/c1-3-18-20(25)16(11-19(26-2)27-18)22-9-4-5-10-24-13-17(23-14-24)15-7-6-8-21-12-15/h6-8,12-14,16,18-20,22,25H,3-5,9-11H2,1-2H3/t16-,18+,19-,20-/m0/s1. The molecule has 1 saturated heterocycles. The molecule has 1 aliphatic heterocycles. The zero-order valence-electron chi connectivity index (χ0n) is 16.1. The van der Waals surface area contributed by atoms with Crippen molar-refractivity contribution < 1.29 is 14.6 Å². The third-order valence-electron chi connectivity index (χ3n) is 5.07. The van der Waals surface area contributed by atoms with E-state index in [4.69, 9.17) is 9.47 Å². The first kappa shape index (κ1) is 19.9. The SMILES string of the molecule is CC[C@H]1O[C@H](OC)C[C@H](NCCCCn2cnc(-c3cccnc3)c2)[C@@H]1O. The van der Waals surface area contributed by atoms with E-state index in [0.29, 0.717) is 6.42 Å². The Labute approximate surface area is 160 Å². The predicted molar refractivity (Wildman–Crippen MR) is 103 cm³/mol. The van der Waals surface area contributed by atoms with Crippen molar-refractivity contribution in [1.82, 2.24) is 19.9 Å². The molecule has 0 spiro atoms. The summed E-state index contributed by atoms with van der Waals surface area (Å²) in [5.41, 5.74) is 1.98. The van der Waals surface area contributed by atoms with E-state index >= 15 is 0 Å². The fraction of sp³-hybridized carbons (Fsp3) is 0.600. The number of methoxy groups -OCH3 is 1. The largest absolute Gasteiger partial charge is 0.389 e. The molecular weight excluding hydrogens is 344 g/mol. The minimum atomic E-state index is -0.489. The number of aliphatic hydroxyl groups excluding tert-OH is 1. The number of nitrogens with zero attached hydrogens (tertiary/aromatic N) is 3. The van der Waals surface area contributed by atoms with Crippen LogP contribution in [0.5, 0.6) is 0 Å². The number of rotatable bonds is 9. The van der Waals surface area contributed by atoms with Crippen molar-refractivity contribution in [3.63, 3.8) is 0 Å². The summed E-state index contributed by atoms with van der Waals surface area (Å²) in [4.78, 5) is 8.59. The van der Waals surface area contributed by atoms with Gasteiger partial charge in [-0.2, -0.15) is 0 Å². The van der Waals surface area contributed by atoms with Gasteiger partial charge in [0.2, 0.25) is 0 Å². The van der Waals surface area contributed by atoms with Crippen LogP contribution in [0.1, 0.15) is 32.6 Å². The van der Waals surface area contributed by atoms with E-state index < -0.39 is 6.10 Å². The summed E-state index contributed by atoms with van der Waals surface area (Å²) in [6.07, 6.45) is 10.1. The van der Waals surface area contributed by atoms with Gasteiger partial charge in [0.05, 0.1) is 24.2 Å². The van der Waals surface area contributed by atoms with Crippen LogP contribution in [0.25, 0.3) is 11.3 Å². The van der Waals surface area contributed by atoms with Crippen molar-refractivity contribution in [2.75, 3.05) is 13.7 Å². The van der Waals surface area contributed by atoms with Gasteiger partial charge in [0.1, 0.15) is 0 Å². The number of hydrogen-bond donors (Lipinski definition) is 2. The molecule has 0 aliphatic carbocycles. The van der Waals surface area contributed by atoms with Gasteiger partial charge in [-0.3, -0.25) is 4.98 Å². The molecule has 2 N–H and O–H groups in total. The molecule has 4 atom stereocenters. The molecule has 2 aromatic heterocycles. The number of aliphatic hydroxyl groups is 1. The molecule has 148 valence electrons. The highest BCUT2D eigenvalue weighted by Gasteiger charge is 2.36. The number of nitrogens with one attached hydrogen (secondary N) is 1. The van der Waals surface area contributed by atoms with Crippen molar-refractivity contribution in [3.05, 3.63) is 37.1 Å². The summed E-state index contributed by atoms with van der Waals surface area (Å²) in [6, 6.07) is 3.95. The maximum Gasteiger partial charge on any atom is 0.159 e. The van der Waals surface area contributed by atoms with E-state index in [1.54, 1.807) is 13.3 Å². The molecule has 7 heteroatoms. The second kappa shape index (κ2) is 9.94. The quantitative estimate of drug-likeness (QED) is 0.655. The summed E-state index contributed by atoms with van der Waals surface area (Å²) in [5, 5.41) is 13.9. The van der Waals surface area contributed by atoms with Crippen LogP contribution >= 0.6 is 0 Å². The molecule has 27 heavy (non-hydrogen) atoms. The summed E-state index contributed by atoms with van der Waals surface area (Å²) < 4.78 is 13.2. The topological polar surface area (TPSA) is 81.4 Å². The lowest BCUT2D eigenvalue weighted by molar-refractivity contribution is -0.220. The van der Waals surface area contributed by atoms with E-state index in [1.807, 2.05) is 31.6 Å². The molecular formula is C20H30N4O3. The highest BCUT2D eigenvalue weighted by molar-refractivity contribution is 5.56. The summed E-state index contributed by atoms with van der Waals surface area (Å²) in [7, 11) is 1.65. The molecule has 1 aliphatic rings. The lowest BCUT2D eigenvalue weighted by atomic mass is 9.97. The monoisotopic (exact) mass is 374 g/mol. The molecule has 1 fully saturated rings. The Hall–Kier alpha value is -1.80.